The van der Waals surface area contributed by atoms with Crippen molar-refractivity contribution >= 4 is 11.6 Å². The summed E-state index contributed by atoms with van der Waals surface area (Å²) in [6, 6.07) is 4.61. The van der Waals surface area contributed by atoms with E-state index >= 15 is 0 Å². The van der Waals surface area contributed by atoms with Gasteiger partial charge >= 0.3 is 0 Å². The van der Waals surface area contributed by atoms with Crippen LogP contribution in [0.5, 0.6) is 0 Å². The Hall–Kier alpha value is -2.37. The van der Waals surface area contributed by atoms with Crippen molar-refractivity contribution in [3.8, 4) is 0 Å². The van der Waals surface area contributed by atoms with Gasteiger partial charge < -0.3 is 11.2 Å². The molecule has 1 aromatic carbocycles. The molecule has 0 aliphatic heterocycles. The van der Waals surface area contributed by atoms with Gasteiger partial charge in [0.15, 0.2) is 0 Å². The number of nitrogens with two attached hydrogens (primary N) is 1. The molecule has 5 nitrogen and oxygen atoms in total. The molecule has 18 heavy (non-hydrogen) atoms. The molecule has 0 amide bonds. The summed E-state index contributed by atoms with van der Waals surface area (Å²) in [6.07, 6.45) is 1.42. The minimum absolute atomic E-state index is 0.166. The first-order valence-corrected chi connectivity index (χ1v) is 5.36. The lowest BCUT2D eigenvalue weighted by Gasteiger charge is -2.12. The zero-order valence-electron chi connectivity index (χ0n) is 10.1. The highest BCUT2D eigenvalue weighted by atomic mass is 19.1. The summed E-state index contributed by atoms with van der Waals surface area (Å²) in [4.78, 5) is 15.6. The van der Waals surface area contributed by atoms with Crippen LogP contribution in [0.3, 0.4) is 0 Å². The van der Waals surface area contributed by atoms with Crippen LogP contribution in [-0.2, 0) is 0 Å². The molecule has 0 radical (unpaired) electrons. The first kappa shape index (κ1) is 12.1. The van der Waals surface area contributed by atoms with Crippen LogP contribution in [-0.4, -0.2) is 9.66 Å². The SMILES string of the molecule is Cc1c(F)cccc1Nc1ncc(C)c(=O)n1N. The molecule has 0 aliphatic rings. The quantitative estimate of drug-likeness (QED) is 0.789. The van der Waals surface area contributed by atoms with Gasteiger partial charge in [-0.05, 0) is 26.0 Å². The van der Waals surface area contributed by atoms with Gasteiger partial charge in [0.1, 0.15) is 5.82 Å². The minimum atomic E-state index is -0.346. The fourth-order valence-corrected chi connectivity index (χ4v) is 1.52. The van der Waals surface area contributed by atoms with Gasteiger partial charge in [0, 0.05) is 23.0 Å². The predicted molar refractivity (Wildman–Crippen MR) is 67.8 cm³/mol. The fraction of sp³-hybridized carbons (Fsp3) is 0.167. The molecule has 0 saturated carbocycles. The van der Waals surface area contributed by atoms with E-state index in [9.17, 15) is 9.18 Å². The summed E-state index contributed by atoms with van der Waals surface area (Å²) < 4.78 is 14.3. The topological polar surface area (TPSA) is 72.9 Å². The molecule has 0 aliphatic carbocycles. The molecule has 0 saturated heterocycles. The van der Waals surface area contributed by atoms with Crippen molar-refractivity contribution < 1.29 is 4.39 Å². The second-order valence-corrected chi connectivity index (χ2v) is 3.98. The minimum Gasteiger partial charge on any atom is -0.333 e. The summed E-state index contributed by atoms with van der Waals surface area (Å²) in [7, 11) is 0. The number of nitrogens with one attached hydrogen (secondary N) is 1. The number of nitrogen functional groups attached to an aromatic ring is 1. The first-order valence-electron chi connectivity index (χ1n) is 5.36. The summed E-state index contributed by atoms with van der Waals surface area (Å²) >= 11 is 0. The maximum atomic E-state index is 13.4. The first-order chi connectivity index (χ1) is 8.50. The van der Waals surface area contributed by atoms with Crippen molar-refractivity contribution in [2.45, 2.75) is 13.8 Å². The third kappa shape index (κ3) is 2.04. The van der Waals surface area contributed by atoms with Crippen LogP contribution in [0.25, 0.3) is 0 Å². The summed E-state index contributed by atoms with van der Waals surface area (Å²) in [6.45, 7) is 3.25. The van der Waals surface area contributed by atoms with Crippen molar-refractivity contribution in [1.29, 1.82) is 0 Å². The second-order valence-electron chi connectivity index (χ2n) is 3.98. The van der Waals surface area contributed by atoms with Gasteiger partial charge in [0.05, 0.1) is 0 Å². The second kappa shape index (κ2) is 4.48. The Morgan fingerprint density at radius 2 is 2.11 bits per heavy atom. The van der Waals surface area contributed by atoms with E-state index in [1.54, 1.807) is 26.0 Å². The molecular weight excluding hydrogens is 235 g/mol. The summed E-state index contributed by atoms with van der Waals surface area (Å²) in [5.41, 5.74) is 1.05. The van der Waals surface area contributed by atoms with Gasteiger partial charge in [-0.2, -0.15) is 4.68 Å². The van der Waals surface area contributed by atoms with Crippen LogP contribution in [0.2, 0.25) is 0 Å². The van der Waals surface area contributed by atoms with Crippen molar-refractivity contribution in [3.05, 3.63) is 51.7 Å². The molecule has 6 heteroatoms. The van der Waals surface area contributed by atoms with Crippen LogP contribution in [0.4, 0.5) is 16.0 Å². The van der Waals surface area contributed by atoms with Gasteiger partial charge in [-0.3, -0.25) is 4.79 Å². The Bertz CT molecular complexity index is 651. The van der Waals surface area contributed by atoms with Crippen LogP contribution in [0.1, 0.15) is 11.1 Å². The normalized spacial score (nSPS) is 10.4. The smallest absolute Gasteiger partial charge is 0.276 e. The molecular formula is C12H13FN4O. The number of halogens is 1. The number of anilines is 2. The van der Waals surface area contributed by atoms with E-state index in [1.807, 2.05) is 0 Å². The number of aryl methyl sites for hydroxylation is 1. The Kier molecular flexibility index (Phi) is 3.01. The van der Waals surface area contributed by atoms with E-state index in [0.29, 0.717) is 16.8 Å². The molecule has 0 unspecified atom stereocenters. The van der Waals surface area contributed by atoms with Crippen LogP contribution >= 0.6 is 0 Å². The Labute approximate surface area is 103 Å². The number of nitrogens with zero attached hydrogens (tertiary/aromatic N) is 2. The Morgan fingerprint density at radius 3 is 2.83 bits per heavy atom. The molecule has 0 bridgehead atoms. The number of rotatable bonds is 2. The third-order valence-electron chi connectivity index (χ3n) is 2.68. The molecule has 1 heterocycles. The molecule has 0 atom stereocenters. The lowest BCUT2D eigenvalue weighted by molar-refractivity contribution is 0.619. The number of aromatic nitrogens is 2. The maximum absolute atomic E-state index is 13.4. The number of hydrogen-bond acceptors (Lipinski definition) is 4. The zero-order chi connectivity index (χ0) is 13.3. The monoisotopic (exact) mass is 248 g/mol. The predicted octanol–water partition coefficient (Wildman–Crippen LogP) is 1.46. The van der Waals surface area contributed by atoms with E-state index in [4.69, 9.17) is 5.84 Å². The van der Waals surface area contributed by atoms with Crippen LogP contribution < -0.4 is 16.7 Å². The van der Waals surface area contributed by atoms with Crippen molar-refractivity contribution in [2.75, 3.05) is 11.2 Å². The van der Waals surface area contributed by atoms with E-state index in [0.717, 1.165) is 4.68 Å². The zero-order valence-corrected chi connectivity index (χ0v) is 10.1. The highest BCUT2D eigenvalue weighted by Gasteiger charge is 2.08. The number of hydrogen-bond donors (Lipinski definition) is 2. The molecule has 2 rings (SSSR count). The van der Waals surface area contributed by atoms with E-state index in [1.165, 1.54) is 12.3 Å². The van der Waals surface area contributed by atoms with E-state index in [-0.39, 0.29) is 17.3 Å². The van der Waals surface area contributed by atoms with Gasteiger partial charge in [0.25, 0.3) is 5.56 Å². The lowest BCUT2D eigenvalue weighted by Crippen LogP contribution is -2.31. The highest BCUT2D eigenvalue weighted by Crippen LogP contribution is 2.20. The molecule has 2 aromatic rings. The Balaban J connectivity index is 2.44. The molecule has 3 N–H and O–H groups in total. The summed E-state index contributed by atoms with van der Waals surface area (Å²) in [5, 5.41) is 2.84. The van der Waals surface area contributed by atoms with Crippen molar-refractivity contribution in [2.24, 2.45) is 0 Å². The largest absolute Gasteiger partial charge is 0.333 e. The van der Waals surface area contributed by atoms with Crippen molar-refractivity contribution in [1.82, 2.24) is 9.66 Å². The molecule has 1 aromatic heterocycles. The van der Waals surface area contributed by atoms with E-state index < -0.39 is 0 Å². The van der Waals surface area contributed by atoms with Gasteiger partial charge in [-0.1, -0.05) is 6.07 Å². The highest BCUT2D eigenvalue weighted by molar-refractivity contribution is 5.58. The van der Waals surface area contributed by atoms with Crippen molar-refractivity contribution in [3.63, 3.8) is 0 Å². The molecule has 0 fully saturated rings. The van der Waals surface area contributed by atoms with Gasteiger partial charge in [-0.15, -0.1) is 0 Å². The molecule has 94 valence electrons. The lowest BCUT2D eigenvalue weighted by atomic mass is 10.2. The standard InChI is InChI=1S/C12H13FN4O/c1-7-6-15-12(17(14)11(7)18)16-10-5-3-4-9(13)8(10)2/h3-6H,14H2,1-2H3,(H,15,16). The van der Waals surface area contributed by atoms with E-state index in [2.05, 4.69) is 10.3 Å². The van der Waals surface area contributed by atoms with Gasteiger partial charge in [-0.25, -0.2) is 9.37 Å². The fourth-order valence-electron chi connectivity index (χ4n) is 1.52. The van der Waals surface area contributed by atoms with Crippen LogP contribution in [0.15, 0.2) is 29.2 Å². The van der Waals surface area contributed by atoms with Gasteiger partial charge in [0.2, 0.25) is 5.95 Å². The molecule has 0 spiro atoms. The average Bonchev–Trinajstić information content (AvgIpc) is 2.35. The summed E-state index contributed by atoms with van der Waals surface area (Å²) in [5.74, 6) is 5.44. The number of benzene rings is 1. The average molecular weight is 248 g/mol. The van der Waals surface area contributed by atoms with Crippen LogP contribution in [0, 0.1) is 19.7 Å². The Morgan fingerprint density at radius 1 is 1.39 bits per heavy atom. The maximum Gasteiger partial charge on any atom is 0.276 e. The third-order valence-corrected chi connectivity index (χ3v) is 2.68.